The lowest BCUT2D eigenvalue weighted by molar-refractivity contribution is 0.102. The van der Waals surface area contributed by atoms with Gasteiger partial charge in [0.25, 0.3) is 5.91 Å². The summed E-state index contributed by atoms with van der Waals surface area (Å²) < 4.78 is 26.1. The zero-order valence-corrected chi connectivity index (χ0v) is 15.4. The van der Waals surface area contributed by atoms with Gasteiger partial charge in [-0.05, 0) is 55.3 Å². The Morgan fingerprint density at radius 2 is 1.70 bits per heavy atom. The second-order valence-corrected chi connectivity index (χ2v) is 7.98. The lowest BCUT2D eigenvalue weighted by Gasteiger charge is -2.12. The zero-order chi connectivity index (χ0) is 17.2. The Morgan fingerprint density at radius 3 is 2.30 bits per heavy atom. The number of halogens is 1. The molecule has 2 rings (SSSR count). The quantitative estimate of drug-likeness (QED) is 0.827. The van der Waals surface area contributed by atoms with Gasteiger partial charge in [0.05, 0.1) is 11.9 Å². The molecular formula is C16H17BrN2O3S. The van der Waals surface area contributed by atoms with Gasteiger partial charge in [0, 0.05) is 15.7 Å². The number of nitrogens with one attached hydrogen (secondary N) is 2. The number of benzene rings is 2. The summed E-state index contributed by atoms with van der Waals surface area (Å²) in [5.74, 6) is -0.299. The summed E-state index contributed by atoms with van der Waals surface area (Å²) in [6, 6.07) is 10.4. The van der Waals surface area contributed by atoms with Crippen LogP contribution in [0.3, 0.4) is 0 Å². The van der Waals surface area contributed by atoms with Crippen LogP contribution in [0.5, 0.6) is 0 Å². The van der Waals surface area contributed by atoms with Gasteiger partial charge in [0.2, 0.25) is 10.0 Å². The number of amides is 1. The Bertz CT molecular complexity index is 864. The molecule has 23 heavy (non-hydrogen) atoms. The minimum Gasteiger partial charge on any atom is -0.322 e. The maximum absolute atomic E-state index is 12.4. The fourth-order valence-electron chi connectivity index (χ4n) is 2.03. The average Bonchev–Trinajstić information content (AvgIpc) is 2.42. The first-order valence-electron chi connectivity index (χ1n) is 6.81. The van der Waals surface area contributed by atoms with Crippen LogP contribution in [0.2, 0.25) is 0 Å². The maximum Gasteiger partial charge on any atom is 0.255 e. The van der Waals surface area contributed by atoms with E-state index in [1.807, 2.05) is 19.1 Å². The summed E-state index contributed by atoms with van der Waals surface area (Å²) in [6.07, 6.45) is 1.07. The first-order chi connectivity index (χ1) is 10.7. The lowest BCUT2D eigenvalue weighted by atomic mass is 10.1. The molecule has 0 radical (unpaired) electrons. The molecule has 0 heterocycles. The number of hydrogen-bond donors (Lipinski definition) is 2. The van der Waals surface area contributed by atoms with Crippen molar-refractivity contribution in [3.8, 4) is 0 Å². The van der Waals surface area contributed by atoms with Crippen molar-refractivity contribution >= 4 is 43.2 Å². The van der Waals surface area contributed by atoms with E-state index in [4.69, 9.17) is 0 Å². The normalized spacial score (nSPS) is 11.1. The van der Waals surface area contributed by atoms with Crippen molar-refractivity contribution in [2.75, 3.05) is 16.3 Å². The highest BCUT2D eigenvalue weighted by Gasteiger charge is 2.12. The van der Waals surface area contributed by atoms with E-state index in [9.17, 15) is 13.2 Å². The number of hydrogen-bond acceptors (Lipinski definition) is 3. The largest absolute Gasteiger partial charge is 0.322 e. The molecule has 0 aliphatic carbocycles. The number of rotatable bonds is 4. The molecule has 2 aromatic carbocycles. The topological polar surface area (TPSA) is 75.3 Å². The zero-order valence-electron chi connectivity index (χ0n) is 13.0. The van der Waals surface area contributed by atoms with Crippen LogP contribution in [-0.2, 0) is 10.0 Å². The molecule has 0 aliphatic rings. The summed E-state index contributed by atoms with van der Waals surface area (Å²) >= 11 is 3.37. The third-order valence-corrected chi connectivity index (χ3v) is 4.32. The SMILES string of the molecule is Cc1cc(Br)ccc1NC(=O)c1ccc(C)c(NS(C)(=O)=O)c1. The minimum atomic E-state index is -3.40. The standard InChI is InChI=1S/C16H17BrN2O3S/c1-10-4-5-12(9-15(10)19-23(3,21)22)16(20)18-14-7-6-13(17)8-11(14)2/h4-9,19H,1-3H3,(H,18,20). The Hall–Kier alpha value is -1.86. The molecule has 0 saturated heterocycles. The monoisotopic (exact) mass is 396 g/mol. The summed E-state index contributed by atoms with van der Waals surface area (Å²) in [6.45, 7) is 3.67. The molecule has 2 N–H and O–H groups in total. The van der Waals surface area contributed by atoms with E-state index in [1.54, 1.807) is 25.1 Å². The van der Waals surface area contributed by atoms with Crippen LogP contribution in [0.25, 0.3) is 0 Å². The Labute approximate surface area is 144 Å². The molecule has 0 aromatic heterocycles. The molecule has 1 amide bonds. The number of carbonyl (C=O) groups excluding carboxylic acids is 1. The Morgan fingerprint density at radius 1 is 1.00 bits per heavy atom. The third-order valence-electron chi connectivity index (χ3n) is 3.23. The first-order valence-corrected chi connectivity index (χ1v) is 9.50. The van der Waals surface area contributed by atoms with Crippen LogP contribution in [-0.4, -0.2) is 20.6 Å². The van der Waals surface area contributed by atoms with Gasteiger partial charge in [-0.15, -0.1) is 0 Å². The smallest absolute Gasteiger partial charge is 0.255 e. The van der Waals surface area contributed by atoms with Crippen molar-refractivity contribution in [2.45, 2.75) is 13.8 Å². The third kappa shape index (κ3) is 4.80. The van der Waals surface area contributed by atoms with Crippen molar-refractivity contribution in [3.05, 3.63) is 57.6 Å². The predicted molar refractivity (Wildman–Crippen MR) is 96.5 cm³/mol. The second-order valence-electron chi connectivity index (χ2n) is 5.32. The summed E-state index contributed by atoms with van der Waals surface area (Å²) in [7, 11) is -3.40. The van der Waals surface area contributed by atoms with E-state index in [2.05, 4.69) is 26.0 Å². The fourth-order valence-corrected chi connectivity index (χ4v) is 3.13. The fraction of sp³-hybridized carbons (Fsp3) is 0.188. The highest BCUT2D eigenvalue weighted by molar-refractivity contribution is 9.10. The number of anilines is 2. The molecule has 122 valence electrons. The number of carbonyl (C=O) groups is 1. The van der Waals surface area contributed by atoms with Gasteiger partial charge >= 0.3 is 0 Å². The molecule has 0 unspecified atom stereocenters. The second kappa shape index (κ2) is 6.72. The minimum absolute atomic E-state index is 0.299. The van der Waals surface area contributed by atoms with Crippen LogP contribution >= 0.6 is 15.9 Å². The van der Waals surface area contributed by atoms with Gasteiger partial charge in [0.1, 0.15) is 0 Å². The summed E-state index contributed by atoms with van der Waals surface area (Å²) in [5.41, 5.74) is 3.15. The van der Waals surface area contributed by atoms with E-state index in [0.29, 0.717) is 16.9 Å². The van der Waals surface area contributed by atoms with Crippen LogP contribution in [0, 0.1) is 13.8 Å². The van der Waals surface area contributed by atoms with Gasteiger partial charge < -0.3 is 5.32 Å². The van der Waals surface area contributed by atoms with Crippen LogP contribution in [0.1, 0.15) is 21.5 Å². The first kappa shape index (κ1) is 17.5. The molecule has 7 heteroatoms. The van der Waals surface area contributed by atoms with E-state index in [0.717, 1.165) is 21.9 Å². The van der Waals surface area contributed by atoms with Crippen LogP contribution in [0.4, 0.5) is 11.4 Å². The number of sulfonamides is 1. The summed E-state index contributed by atoms with van der Waals surface area (Å²) in [5, 5.41) is 2.83. The molecule has 5 nitrogen and oxygen atoms in total. The maximum atomic E-state index is 12.4. The Kier molecular flexibility index (Phi) is 5.11. The van der Waals surface area contributed by atoms with E-state index < -0.39 is 10.0 Å². The van der Waals surface area contributed by atoms with Crippen molar-refractivity contribution in [3.63, 3.8) is 0 Å². The van der Waals surface area contributed by atoms with Crippen molar-refractivity contribution in [1.29, 1.82) is 0 Å². The molecule has 0 bridgehead atoms. The lowest BCUT2D eigenvalue weighted by Crippen LogP contribution is -2.15. The van der Waals surface area contributed by atoms with Gasteiger partial charge in [-0.25, -0.2) is 8.42 Å². The van der Waals surface area contributed by atoms with E-state index in [1.165, 1.54) is 6.07 Å². The number of aryl methyl sites for hydroxylation is 2. The Balaban J connectivity index is 2.27. The highest BCUT2D eigenvalue weighted by Crippen LogP contribution is 2.22. The van der Waals surface area contributed by atoms with Gasteiger partial charge in [0.15, 0.2) is 0 Å². The molecule has 0 fully saturated rings. The molecule has 2 aromatic rings. The van der Waals surface area contributed by atoms with E-state index in [-0.39, 0.29) is 5.91 Å². The highest BCUT2D eigenvalue weighted by atomic mass is 79.9. The predicted octanol–water partition coefficient (Wildman–Crippen LogP) is 3.69. The van der Waals surface area contributed by atoms with Crippen LogP contribution < -0.4 is 10.0 Å². The molecule has 0 atom stereocenters. The molecule has 0 aliphatic heterocycles. The van der Waals surface area contributed by atoms with E-state index >= 15 is 0 Å². The van der Waals surface area contributed by atoms with Gasteiger partial charge in [-0.1, -0.05) is 22.0 Å². The van der Waals surface area contributed by atoms with Crippen molar-refractivity contribution in [1.82, 2.24) is 0 Å². The van der Waals surface area contributed by atoms with Gasteiger partial charge in [-0.2, -0.15) is 0 Å². The van der Waals surface area contributed by atoms with Crippen molar-refractivity contribution in [2.24, 2.45) is 0 Å². The van der Waals surface area contributed by atoms with Gasteiger partial charge in [-0.3, -0.25) is 9.52 Å². The molecule has 0 spiro atoms. The van der Waals surface area contributed by atoms with Crippen LogP contribution in [0.15, 0.2) is 40.9 Å². The summed E-state index contributed by atoms with van der Waals surface area (Å²) in [4.78, 5) is 12.4. The molecular weight excluding hydrogens is 380 g/mol. The molecule has 0 saturated carbocycles. The van der Waals surface area contributed by atoms with Crippen molar-refractivity contribution < 1.29 is 13.2 Å². The average molecular weight is 397 g/mol.